The summed E-state index contributed by atoms with van der Waals surface area (Å²) < 4.78 is 0. The molecular formula is C15H24N2O2. The maximum Gasteiger partial charge on any atom is 0.237 e. The molecular weight excluding hydrogens is 240 g/mol. The minimum atomic E-state index is -0.563. The van der Waals surface area contributed by atoms with Gasteiger partial charge < -0.3 is 16.2 Å². The molecule has 0 heterocycles. The Bertz CT molecular complexity index is 394. The summed E-state index contributed by atoms with van der Waals surface area (Å²) in [5.41, 5.74) is 6.59. The molecule has 1 aromatic rings. The van der Waals surface area contributed by atoms with Crippen molar-refractivity contribution in [1.29, 1.82) is 0 Å². The Balaban J connectivity index is 2.57. The number of nitrogens with two attached hydrogens (primary N) is 1. The van der Waals surface area contributed by atoms with Crippen molar-refractivity contribution in [2.75, 3.05) is 6.61 Å². The SMILES string of the molecule is CCC(C)(CCO)NC(=O)[C@@H](N)Cc1ccccc1. The van der Waals surface area contributed by atoms with Gasteiger partial charge in [0.2, 0.25) is 5.91 Å². The summed E-state index contributed by atoms with van der Waals surface area (Å²) in [7, 11) is 0. The molecule has 0 fully saturated rings. The van der Waals surface area contributed by atoms with Gasteiger partial charge in [-0.3, -0.25) is 4.79 Å². The van der Waals surface area contributed by atoms with Crippen LogP contribution in [0.5, 0.6) is 0 Å². The zero-order valence-electron chi connectivity index (χ0n) is 11.7. The number of hydrogen-bond donors (Lipinski definition) is 3. The van der Waals surface area contributed by atoms with Gasteiger partial charge in [0.1, 0.15) is 0 Å². The van der Waals surface area contributed by atoms with Crippen LogP contribution in [0.4, 0.5) is 0 Å². The van der Waals surface area contributed by atoms with Gasteiger partial charge in [0.15, 0.2) is 0 Å². The van der Waals surface area contributed by atoms with Crippen LogP contribution in [0.25, 0.3) is 0 Å². The van der Waals surface area contributed by atoms with E-state index >= 15 is 0 Å². The van der Waals surface area contributed by atoms with Crippen LogP contribution in [0.3, 0.4) is 0 Å². The molecule has 1 rings (SSSR count). The molecule has 0 aliphatic rings. The molecule has 0 saturated heterocycles. The van der Waals surface area contributed by atoms with Crippen molar-refractivity contribution < 1.29 is 9.90 Å². The molecule has 0 spiro atoms. The molecule has 1 amide bonds. The Hall–Kier alpha value is -1.39. The van der Waals surface area contributed by atoms with Crippen LogP contribution >= 0.6 is 0 Å². The van der Waals surface area contributed by atoms with Crippen molar-refractivity contribution in [3.05, 3.63) is 35.9 Å². The summed E-state index contributed by atoms with van der Waals surface area (Å²) in [5.74, 6) is -0.165. The van der Waals surface area contributed by atoms with Crippen LogP contribution < -0.4 is 11.1 Å². The largest absolute Gasteiger partial charge is 0.396 e. The standard InChI is InChI=1S/C15H24N2O2/c1-3-15(2,9-10-18)17-14(19)13(16)11-12-7-5-4-6-8-12/h4-8,13,18H,3,9-11,16H2,1-2H3,(H,17,19)/t13-,15?/m0/s1. The molecule has 2 atom stereocenters. The van der Waals surface area contributed by atoms with Gasteiger partial charge in [-0.15, -0.1) is 0 Å². The topological polar surface area (TPSA) is 75.3 Å². The third kappa shape index (κ3) is 5.01. The molecule has 0 saturated carbocycles. The van der Waals surface area contributed by atoms with Crippen LogP contribution in [0, 0.1) is 0 Å². The number of rotatable bonds is 7. The monoisotopic (exact) mass is 264 g/mol. The lowest BCUT2D eigenvalue weighted by Gasteiger charge is -2.30. The van der Waals surface area contributed by atoms with Crippen molar-refractivity contribution in [3.8, 4) is 0 Å². The molecule has 4 nitrogen and oxygen atoms in total. The average Bonchev–Trinajstić information content (AvgIpc) is 2.40. The number of nitrogens with one attached hydrogen (secondary N) is 1. The van der Waals surface area contributed by atoms with Gasteiger partial charge in [-0.2, -0.15) is 0 Å². The van der Waals surface area contributed by atoms with E-state index in [1.165, 1.54) is 0 Å². The molecule has 0 aromatic heterocycles. The lowest BCUT2D eigenvalue weighted by atomic mass is 9.94. The lowest BCUT2D eigenvalue weighted by Crippen LogP contribution is -2.52. The summed E-state index contributed by atoms with van der Waals surface area (Å²) in [6.45, 7) is 3.97. The number of hydrogen-bond acceptors (Lipinski definition) is 3. The summed E-state index contributed by atoms with van der Waals surface area (Å²) in [5, 5.41) is 12.0. The summed E-state index contributed by atoms with van der Waals surface area (Å²) >= 11 is 0. The van der Waals surface area contributed by atoms with E-state index < -0.39 is 6.04 Å². The molecule has 1 aromatic carbocycles. The minimum absolute atomic E-state index is 0.0541. The second kappa shape index (κ2) is 7.26. The zero-order valence-corrected chi connectivity index (χ0v) is 11.7. The number of amides is 1. The lowest BCUT2D eigenvalue weighted by molar-refractivity contribution is -0.124. The number of benzene rings is 1. The predicted molar refractivity (Wildman–Crippen MR) is 76.7 cm³/mol. The van der Waals surface area contributed by atoms with Gasteiger partial charge in [-0.1, -0.05) is 37.3 Å². The van der Waals surface area contributed by atoms with E-state index in [0.29, 0.717) is 12.8 Å². The van der Waals surface area contributed by atoms with Crippen molar-refractivity contribution in [1.82, 2.24) is 5.32 Å². The quantitative estimate of drug-likeness (QED) is 0.693. The number of carbonyl (C=O) groups excluding carboxylic acids is 1. The van der Waals surface area contributed by atoms with Crippen molar-refractivity contribution in [3.63, 3.8) is 0 Å². The Labute approximate surface area is 115 Å². The summed E-state index contributed by atoms with van der Waals surface area (Å²) in [6.07, 6.45) is 1.82. The minimum Gasteiger partial charge on any atom is -0.396 e. The summed E-state index contributed by atoms with van der Waals surface area (Å²) in [6, 6.07) is 9.15. The molecule has 106 valence electrons. The maximum absolute atomic E-state index is 12.1. The Kier molecular flexibility index (Phi) is 5.99. The normalized spacial score (nSPS) is 15.6. The first-order valence-electron chi connectivity index (χ1n) is 6.73. The second-order valence-electron chi connectivity index (χ2n) is 5.17. The molecule has 0 aliphatic carbocycles. The van der Waals surface area contributed by atoms with E-state index in [9.17, 15) is 4.79 Å². The first kappa shape index (κ1) is 15.7. The van der Waals surface area contributed by atoms with Gasteiger partial charge in [0.05, 0.1) is 6.04 Å². The van der Waals surface area contributed by atoms with E-state index in [4.69, 9.17) is 10.8 Å². The Morgan fingerprint density at radius 1 is 1.42 bits per heavy atom. The Morgan fingerprint density at radius 2 is 2.05 bits per heavy atom. The molecule has 19 heavy (non-hydrogen) atoms. The molecule has 0 bridgehead atoms. The molecule has 0 radical (unpaired) electrons. The van der Waals surface area contributed by atoms with E-state index in [2.05, 4.69) is 5.32 Å². The first-order valence-corrected chi connectivity index (χ1v) is 6.73. The molecule has 1 unspecified atom stereocenters. The number of aliphatic hydroxyl groups is 1. The zero-order chi connectivity index (χ0) is 14.3. The van der Waals surface area contributed by atoms with Crippen LogP contribution in [-0.2, 0) is 11.2 Å². The van der Waals surface area contributed by atoms with Crippen LogP contribution in [0.1, 0.15) is 32.3 Å². The third-order valence-electron chi connectivity index (χ3n) is 3.50. The second-order valence-corrected chi connectivity index (χ2v) is 5.17. The molecule has 4 N–H and O–H groups in total. The molecule has 0 aliphatic heterocycles. The third-order valence-corrected chi connectivity index (χ3v) is 3.50. The van der Waals surface area contributed by atoms with Crippen LogP contribution in [-0.4, -0.2) is 29.2 Å². The maximum atomic E-state index is 12.1. The van der Waals surface area contributed by atoms with E-state index in [1.807, 2.05) is 44.2 Å². The highest BCUT2D eigenvalue weighted by Crippen LogP contribution is 2.14. The van der Waals surface area contributed by atoms with Crippen molar-refractivity contribution >= 4 is 5.91 Å². The first-order chi connectivity index (χ1) is 9.00. The van der Waals surface area contributed by atoms with Crippen LogP contribution in [0.2, 0.25) is 0 Å². The fourth-order valence-electron chi connectivity index (χ4n) is 1.93. The van der Waals surface area contributed by atoms with E-state index in [-0.39, 0.29) is 18.1 Å². The number of aliphatic hydroxyl groups excluding tert-OH is 1. The highest BCUT2D eigenvalue weighted by Gasteiger charge is 2.26. The van der Waals surface area contributed by atoms with E-state index in [0.717, 1.165) is 12.0 Å². The van der Waals surface area contributed by atoms with E-state index in [1.54, 1.807) is 0 Å². The Morgan fingerprint density at radius 3 is 2.58 bits per heavy atom. The average molecular weight is 264 g/mol. The predicted octanol–water partition coefficient (Wildman–Crippen LogP) is 1.22. The highest BCUT2D eigenvalue weighted by atomic mass is 16.3. The smallest absolute Gasteiger partial charge is 0.237 e. The van der Waals surface area contributed by atoms with Gasteiger partial charge in [-0.05, 0) is 31.7 Å². The summed E-state index contributed by atoms with van der Waals surface area (Å²) in [4.78, 5) is 12.1. The fraction of sp³-hybridized carbons (Fsp3) is 0.533. The van der Waals surface area contributed by atoms with Gasteiger partial charge in [-0.25, -0.2) is 0 Å². The van der Waals surface area contributed by atoms with Gasteiger partial charge >= 0.3 is 0 Å². The molecule has 4 heteroatoms. The van der Waals surface area contributed by atoms with Gasteiger partial charge in [0.25, 0.3) is 0 Å². The van der Waals surface area contributed by atoms with Crippen molar-refractivity contribution in [2.24, 2.45) is 5.73 Å². The van der Waals surface area contributed by atoms with Gasteiger partial charge in [0, 0.05) is 12.1 Å². The number of carbonyl (C=O) groups is 1. The fourth-order valence-corrected chi connectivity index (χ4v) is 1.93. The van der Waals surface area contributed by atoms with Crippen LogP contribution in [0.15, 0.2) is 30.3 Å². The van der Waals surface area contributed by atoms with Crippen molar-refractivity contribution in [2.45, 2.75) is 44.7 Å². The highest BCUT2D eigenvalue weighted by molar-refractivity contribution is 5.82.